The third kappa shape index (κ3) is 2.72. The second-order valence-corrected chi connectivity index (χ2v) is 7.51. The second-order valence-electron chi connectivity index (χ2n) is 6.42. The van der Waals surface area contributed by atoms with Crippen molar-refractivity contribution in [2.75, 3.05) is 13.2 Å². The first-order valence-electron chi connectivity index (χ1n) is 8.94. The van der Waals surface area contributed by atoms with E-state index in [0.717, 1.165) is 33.8 Å². The molecule has 0 spiro atoms. The predicted molar refractivity (Wildman–Crippen MR) is 103 cm³/mol. The summed E-state index contributed by atoms with van der Waals surface area (Å²) in [6.45, 7) is 2.71. The number of rotatable bonds is 2. The van der Waals surface area contributed by atoms with Crippen LogP contribution >= 0.6 is 11.8 Å². The standard InChI is InChI=1S/C21H17NO4S/c1-2-24-21(23)26-20-17(13-7-8-15-12(11-13)9-10-25-15)19-18(22-20)14-5-3-4-6-16(14)27-19/h3-8,11,18H,2,9-10H2,1H3. The molecule has 3 aliphatic heterocycles. The van der Waals surface area contributed by atoms with Gasteiger partial charge in [-0.3, -0.25) is 0 Å². The first-order valence-corrected chi connectivity index (χ1v) is 9.76. The largest absolute Gasteiger partial charge is 0.515 e. The molecule has 0 saturated heterocycles. The average molecular weight is 379 g/mol. The zero-order valence-corrected chi connectivity index (χ0v) is 15.5. The van der Waals surface area contributed by atoms with Crippen LogP contribution in [0.1, 0.15) is 29.7 Å². The molecule has 1 atom stereocenters. The van der Waals surface area contributed by atoms with Gasteiger partial charge < -0.3 is 14.2 Å². The number of thioether (sulfide) groups is 1. The van der Waals surface area contributed by atoms with Crippen LogP contribution in [0.5, 0.6) is 5.75 Å². The highest BCUT2D eigenvalue weighted by molar-refractivity contribution is 8.03. The number of ether oxygens (including phenoxy) is 3. The Kier molecular flexibility index (Phi) is 3.93. The fraction of sp³-hybridized carbons (Fsp3) is 0.238. The maximum atomic E-state index is 12.0. The minimum absolute atomic E-state index is 0.130. The van der Waals surface area contributed by atoms with Crippen molar-refractivity contribution in [3.8, 4) is 5.75 Å². The molecule has 3 heterocycles. The fourth-order valence-electron chi connectivity index (χ4n) is 3.63. The van der Waals surface area contributed by atoms with E-state index in [0.29, 0.717) is 12.5 Å². The van der Waals surface area contributed by atoms with Gasteiger partial charge in [0.2, 0.25) is 5.90 Å². The molecular weight excluding hydrogens is 362 g/mol. The van der Waals surface area contributed by atoms with Crippen LogP contribution in [0.25, 0.3) is 5.57 Å². The van der Waals surface area contributed by atoms with E-state index in [1.54, 1.807) is 18.7 Å². The normalized spacial score (nSPS) is 19.1. The van der Waals surface area contributed by atoms with Gasteiger partial charge in [0.25, 0.3) is 0 Å². The number of aliphatic imine (C=N–C) groups is 1. The summed E-state index contributed by atoms with van der Waals surface area (Å²) in [4.78, 5) is 19.0. The Bertz CT molecular complexity index is 1010. The van der Waals surface area contributed by atoms with Crippen LogP contribution in [0.2, 0.25) is 0 Å². The molecule has 0 N–H and O–H groups in total. The van der Waals surface area contributed by atoms with Crippen LogP contribution in [-0.2, 0) is 15.9 Å². The van der Waals surface area contributed by atoms with Crippen molar-refractivity contribution in [1.29, 1.82) is 0 Å². The Morgan fingerprint density at radius 1 is 1.30 bits per heavy atom. The number of benzene rings is 2. The molecule has 27 heavy (non-hydrogen) atoms. The molecule has 1 unspecified atom stereocenters. The highest BCUT2D eigenvalue weighted by Gasteiger charge is 2.39. The Hall–Kier alpha value is -2.73. The van der Waals surface area contributed by atoms with Gasteiger partial charge in [-0.15, -0.1) is 0 Å². The highest BCUT2D eigenvalue weighted by Crippen LogP contribution is 2.55. The highest BCUT2D eigenvalue weighted by atomic mass is 32.2. The van der Waals surface area contributed by atoms with Crippen molar-refractivity contribution < 1.29 is 19.0 Å². The predicted octanol–water partition coefficient (Wildman–Crippen LogP) is 4.76. The van der Waals surface area contributed by atoms with Crippen molar-refractivity contribution in [2.45, 2.75) is 24.3 Å². The van der Waals surface area contributed by atoms with E-state index in [1.165, 1.54) is 10.5 Å². The minimum Gasteiger partial charge on any atom is -0.493 e. The van der Waals surface area contributed by atoms with E-state index < -0.39 is 6.16 Å². The summed E-state index contributed by atoms with van der Waals surface area (Å²) in [5.74, 6) is 1.25. The van der Waals surface area contributed by atoms with Gasteiger partial charge in [-0.2, -0.15) is 0 Å². The van der Waals surface area contributed by atoms with E-state index in [2.05, 4.69) is 18.2 Å². The molecule has 2 aromatic rings. The third-order valence-corrected chi connectivity index (χ3v) is 6.05. The number of carbonyl (C=O) groups is 1. The van der Waals surface area contributed by atoms with Gasteiger partial charge in [0.15, 0.2) is 0 Å². The first kappa shape index (κ1) is 16.4. The molecule has 3 aliphatic rings. The van der Waals surface area contributed by atoms with Gasteiger partial charge in [0, 0.05) is 16.2 Å². The van der Waals surface area contributed by atoms with Gasteiger partial charge in [-0.05, 0) is 41.8 Å². The van der Waals surface area contributed by atoms with Crippen LogP contribution in [0, 0.1) is 0 Å². The Balaban J connectivity index is 1.60. The van der Waals surface area contributed by atoms with Gasteiger partial charge in [-0.1, -0.05) is 36.0 Å². The second kappa shape index (κ2) is 6.46. The van der Waals surface area contributed by atoms with Crippen molar-refractivity contribution >= 4 is 29.4 Å². The van der Waals surface area contributed by atoms with Crippen molar-refractivity contribution in [1.82, 2.24) is 0 Å². The van der Waals surface area contributed by atoms with Crippen LogP contribution in [-0.4, -0.2) is 25.3 Å². The maximum absolute atomic E-state index is 12.0. The summed E-state index contributed by atoms with van der Waals surface area (Å²) < 4.78 is 16.1. The van der Waals surface area contributed by atoms with Crippen LogP contribution in [0.3, 0.4) is 0 Å². The molecule has 5 rings (SSSR count). The van der Waals surface area contributed by atoms with Gasteiger partial charge in [0.1, 0.15) is 11.8 Å². The lowest BCUT2D eigenvalue weighted by atomic mass is 10.00. The summed E-state index contributed by atoms with van der Waals surface area (Å²) in [5.41, 5.74) is 4.16. The van der Waals surface area contributed by atoms with E-state index in [9.17, 15) is 4.79 Å². The van der Waals surface area contributed by atoms with Crippen LogP contribution < -0.4 is 4.74 Å². The molecule has 5 nitrogen and oxygen atoms in total. The van der Waals surface area contributed by atoms with E-state index in [1.807, 2.05) is 24.3 Å². The molecule has 0 saturated carbocycles. The maximum Gasteiger partial charge on any atom is 0.515 e. The number of nitrogens with zero attached hydrogens (tertiary/aromatic N) is 1. The first-order chi connectivity index (χ1) is 13.2. The van der Waals surface area contributed by atoms with Gasteiger partial charge in [-0.25, -0.2) is 9.79 Å². The summed E-state index contributed by atoms with van der Waals surface area (Å²) in [6, 6.07) is 14.2. The SMILES string of the molecule is CCOC(=O)OC1=NC2C(=C1c1ccc3c(c1)CCO3)Sc1ccccc12. The molecule has 0 fully saturated rings. The zero-order valence-electron chi connectivity index (χ0n) is 14.7. The molecule has 0 radical (unpaired) electrons. The number of carbonyl (C=O) groups excluding carboxylic acids is 1. The summed E-state index contributed by atoms with van der Waals surface area (Å²) >= 11 is 1.69. The molecule has 0 aromatic heterocycles. The zero-order chi connectivity index (χ0) is 18.4. The lowest BCUT2D eigenvalue weighted by Gasteiger charge is -2.11. The van der Waals surface area contributed by atoms with E-state index in [4.69, 9.17) is 19.2 Å². The Morgan fingerprint density at radius 2 is 2.19 bits per heavy atom. The van der Waals surface area contributed by atoms with E-state index in [-0.39, 0.29) is 12.6 Å². The van der Waals surface area contributed by atoms with Crippen molar-refractivity contribution in [2.24, 2.45) is 4.99 Å². The average Bonchev–Trinajstić information content (AvgIpc) is 3.34. The number of fused-ring (bicyclic) bond motifs is 4. The lowest BCUT2D eigenvalue weighted by Crippen LogP contribution is -2.14. The van der Waals surface area contributed by atoms with Crippen LogP contribution in [0.4, 0.5) is 4.79 Å². The summed E-state index contributed by atoms with van der Waals surface area (Å²) in [7, 11) is 0. The third-order valence-electron chi connectivity index (χ3n) is 4.81. The van der Waals surface area contributed by atoms with Gasteiger partial charge >= 0.3 is 6.16 Å². The smallest absolute Gasteiger partial charge is 0.493 e. The molecule has 0 amide bonds. The van der Waals surface area contributed by atoms with Gasteiger partial charge in [0.05, 0.1) is 18.8 Å². The van der Waals surface area contributed by atoms with Crippen LogP contribution in [0.15, 0.2) is 57.3 Å². The molecule has 0 bridgehead atoms. The Morgan fingerprint density at radius 3 is 3.07 bits per heavy atom. The monoisotopic (exact) mass is 379 g/mol. The quantitative estimate of drug-likeness (QED) is 0.704. The summed E-state index contributed by atoms with van der Waals surface area (Å²) in [6.07, 6.45) is 0.158. The lowest BCUT2D eigenvalue weighted by molar-refractivity contribution is 0.101. The number of hydrogen-bond acceptors (Lipinski definition) is 6. The minimum atomic E-state index is -0.725. The molecular formula is C21H17NO4S. The van der Waals surface area contributed by atoms with E-state index >= 15 is 0 Å². The van der Waals surface area contributed by atoms with Crippen molar-refractivity contribution in [3.05, 3.63) is 64.1 Å². The molecule has 6 heteroatoms. The summed E-state index contributed by atoms with van der Waals surface area (Å²) in [5, 5.41) is 0. The van der Waals surface area contributed by atoms with Crippen molar-refractivity contribution in [3.63, 3.8) is 0 Å². The Labute approximate surface area is 161 Å². The topological polar surface area (TPSA) is 57.1 Å². The fourth-order valence-corrected chi connectivity index (χ4v) is 4.91. The number of hydrogen-bond donors (Lipinski definition) is 0. The molecule has 2 aromatic carbocycles. The molecule has 0 aliphatic carbocycles. The molecule has 136 valence electrons.